The normalized spacial score (nSPS) is 12.0. The van der Waals surface area contributed by atoms with Crippen LogP contribution in [0.4, 0.5) is 5.69 Å². The van der Waals surface area contributed by atoms with Crippen LogP contribution >= 0.6 is 11.8 Å². The summed E-state index contributed by atoms with van der Waals surface area (Å²) in [7, 11) is 1.66. The van der Waals surface area contributed by atoms with Gasteiger partial charge in [-0.1, -0.05) is 24.3 Å². The number of carbonyl (C=O) groups excluding carboxylic acids is 1. The van der Waals surface area contributed by atoms with E-state index in [-0.39, 0.29) is 11.8 Å². The highest BCUT2D eigenvalue weighted by Gasteiger charge is 2.16. The van der Waals surface area contributed by atoms with Gasteiger partial charge in [-0.2, -0.15) is 0 Å². The Morgan fingerprint density at radius 2 is 1.68 bits per heavy atom. The van der Waals surface area contributed by atoms with Gasteiger partial charge in [-0.3, -0.25) is 4.79 Å². The van der Waals surface area contributed by atoms with Crippen molar-refractivity contribution in [3.05, 3.63) is 66.2 Å². The Balaban J connectivity index is 1.77. The summed E-state index contributed by atoms with van der Waals surface area (Å²) in [6.07, 6.45) is 2.03. The molecule has 0 aliphatic rings. The van der Waals surface area contributed by atoms with E-state index in [2.05, 4.69) is 11.4 Å². The monoisotopic (exact) mass is 351 g/mol. The van der Waals surface area contributed by atoms with Crippen LogP contribution in [0.15, 0.2) is 65.6 Å². The highest BCUT2D eigenvalue weighted by Crippen LogP contribution is 2.26. The van der Waals surface area contributed by atoms with Gasteiger partial charge in [-0.15, -0.1) is 11.8 Å². The van der Waals surface area contributed by atoms with Crippen molar-refractivity contribution in [2.75, 3.05) is 18.7 Å². The molecule has 3 aromatic carbocycles. The first-order valence-electron chi connectivity index (χ1n) is 8.13. The number of carbonyl (C=O) groups is 1. The van der Waals surface area contributed by atoms with Gasteiger partial charge < -0.3 is 10.1 Å². The molecule has 1 N–H and O–H groups in total. The van der Waals surface area contributed by atoms with Gasteiger partial charge in [-0.05, 0) is 65.9 Å². The first-order valence-corrected chi connectivity index (χ1v) is 9.36. The largest absolute Gasteiger partial charge is 0.497 e. The smallest absolute Gasteiger partial charge is 0.231 e. The summed E-state index contributed by atoms with van der Waals surface area (Å²) >= 11 is 1.68. The fourth-order valence-corrected chi connectivity index (χ4v) is 3.12. The molecule has 0 aromatic heterocycles. The summed E-state index contributed by atoms with van der Waals surface area (Å²) in [5, 5.41) is 5.19. The van der Waals surface area contributed by atoms with E-state index in [9.17, 15) is 4.79 Å². The summed E-state index contributed by atoms with van der Waals surface area (Å²) in [6.45, 7) is 1.93. The topological polar surface area (TPSA) is 38.3 Å². The van der Waals surface area contributed by atoms with Crippen LogP contribution in [0.25, 0.3) is 10.8 Å². The summed E-state index contributed by atoms with van der Waals surface area (Å²) < 4.78 is 5.26. The SMILES string of the molecule is COc1ccc2cc([C@H](C)C(=O)Nc3ccc(SC)cc3)ccc2c1. The van der Waals surface area contributed by atoms with Crippen molar-refractivity contribution in [2.24, 2.45) is 0 Å². The van der Waals surface area contributed by atoms with Gasteiger partial charge in [0.25, 0.3) is 0 Å². The van der Waals surface area contributed by atoms with E-state index in [4.69, 9.17) is 4.74 Å². The molecule has 0 fully saturated rings. The molecule has 0 radical (unpaired) electrons. The van der Waals surface area contributed by atoms with Crippen molar-refractivity contribution in [3.63, 3.8) is 0 Å². The first kappa shape index (κ1) is 17.4. The molecule has 1 atom stereocenters. The van der Waals surface area contributed by atoms with Crippen LogP contribution in [0.5, 0.6) is 5.75 Å². The van der Waals surface area contributed by atoms with Gasteiger partial charge >= 0.3 is 0 Å². The van der Waals surface area contributed by atoms with Crippen molar-refractivity contribution in [2.45, 2.75) is 17.7 Å². The van der Waals surface area contributed by atoms with Crippen molar-refractivity contribution in [1.29, 1.82) is 0 Å². The zero-order valence-electron chi connectivity index (χ0n) is 14.6. The Morgan fingerprint density at radius 1 is 1.00 bits per heavy atom. The van der Waals surface area contributed by atoms with Crippen molar-refractivity contribution < 1.29 is 9.53 Å². The molecule has 3 nitrogen and oxygen atoms in total. The Kier molecular flexibility index (Phi) is 5.29. The minimum atomic E-state index is -0.230. The second-order valence-electron chi connectivity index (χ2n) is 5.91. The fraction of sp³-hybridized carbons (Fsp3) is 0.190. The quantitative estimate of drug-likeness (QED) is 0.633. The van der Waals surface area contributed by atoms with Crippen LogP contribution in [-0.2, 0) is 4.79 Å². The third-order valence-corrected chi connectivity index (χ3v) is 5.07. The standard InChI is InChI=1S/C21H21NO2S/c1-14(21(23)22-18-7-10-20(25-3)11-8-18)15-4-5-17-13-19(24-2)9-6-16(17)12-15/h4-14H,1-3H3,(H,22,23)/t14-/m0/s1. The maximum absolute atomic E-state index is 12.6. The molecule has 0 unspecified atom stereocenters. The minimum absolute atomic E-state index is 0.00948. The summed E-state index contributed by atoms with van der Waals surface area (Å²) in [4.78, 5) is 13.7. The van der Waals surface area contributed by atoms with Crippen LogP contribution in [-0.4, -0.2) is 19.3 Å². The highest BCUT2D eigenvalue weighted by atomic mass is 32.2. The van der Waals surface area contributed by atoms with Gasteiger partial charge in [0, 0.05) is 10.6 Å². The predicted molar refractivity (Wildman–Crippen MR) is 106 cm³/mol. The average Bonchev–Trinajstić information content (AvgIpc) is 2.67. The predicted octanol–water partition coefficient (Wildman–Crippen LogP) is 5.31. The fourth-order valence-electron chi connectivity index (χ4n) is 2.71. The molecule has 0 aliphatic heterocycles. The van der Waals surface area contributed by atoms with Crippen LogP contribution < -0.4 is 10.1 Å². The lowest BCUT2D eigenvalue weighted by molar-refractivity contribution is -0.117. The van der Waals surface area contributed by atoms with Gasteiger partial charge in [0.1, 0.15) is 5.75 Å². The number of ether oxygens (including phenoxy) is 1. The van der Waals surface area contributed by atoms with Gasteiger partial charge in [0.2, 0.25) is 5.91 Å². The lowest BCUT2D eigenvalue weighted by Crippen LogP contribution is -2.18. The molecule has 25 heavy (non-hydrogen) atoms. The third-order valence-electron chi connectivity index (χ3n) is 4.32. The van der Waals surface area contributed by atoms with Gasteiger partial charge in [0.15, 0.2) is 0 Å². The van der Waals surface area contributed by atoms with Crippen molar-refractivity contribution >= 4 is 34.1 Å². The van der Waals surface area contributed by atoms with E-state index in [1.54, 1.807) is 18.9 Å². The number of thioether (sulfide) groups is 1. The van der Waals surface area contributed by atoms with Crippen LogP contribution in [0.2, 0.25) is 0 Å². The number of hydrogen-bond acceptors (Lipinski definition) is 3. The third kappa shape index (κ3) is 3.97. The summed E-state index contributed by atoms with van der Waals surface area (Å²) in [6, 6.07) is 19.9. The van der Waals surface area contributed by atoms with E-state index in [0.29, 0.717) is 0 Å². The van der Waals surface area contributed by atoms with E-state index < -0.39 is 0 Å². The molecule has 4 heteroatoms. The zero-order valence-corrected chi connectivity index (χ0v) is 15.4. The van der Waals surface area contributed by atoms with E-state index in [0.717, 1.165) is 27.8 Å². The second kappa shape index (κ2) is 7.62. The highest BCUT2D eigenvalue weighted by molar-refractivity contribution is 7.98. The number of amides is 1. The van der Waals surface area contributed by atoms with Crippen LogP contribution in [0.3, 0.4) is 0 Å². The number of fused-ring (bicyclic) bond motifs is 1. The molecule has 3 aromatic rings. The Hall–Kier alpha value is -2.46. The Bertz CT molecular complexity index is 890. The molecule has 0 spiro atoms. The van der Waals surface area contributed by atoms with E-state index in [1.165, 1.54) is 4.90 Å². The van der Waals surface area contributed by atoms with Gasteiger partial charge in [-0.25, -0.2) is 0 Å². The zero-order chi connectivity index (χ0) is 17.8. The van der Waals surface area contributed by atoms with Crippen LogP contribution in [0, 0.1) is 0 Å². The molecule has 0 saturated carbocycles. The Morgan fingerprint density at radius 3 is 2.36 bits per heavy atom. The number of hydrogen-bond donors (Lipinski definition) is 1. The molecule has 0 aliphatic carbocycles. The minimum Gasteiger partial charge on any atom is -0.497 e. The van der Waals surface area contributed by atoms with Gasteiger partial charge in [0.05, 0.1) is 13.0 Å². The molecule has 0 bridgehead atoms. The second-order valence-corrected chi connectivity index (χ2v) is 6.79. The maximum Gasteiger partial charge on any atom is 0.231 e. The van der Waals surface area contributed by atoms with Crippen LogP contribution in [0.1, 0.15) is 18.4 Å². The molecule has 0 saturated heterocycles. The maximum atomic E-state index is 12.6. The van der Waals surface area contributed by atoms with E-state index in [1.807, 2.05) is 67.8 Å². The number of anilines is 1. The van der Waals surface area contributed by atoms with E-state index >= 15 is 0 Å². The molecule has 1 amide bonds. The molecule has 128 valence electrons. The lowest BCUT2D eigenvalue weighted by Gasteiger charge is -2.14. The van der Waals surface area contributed by atoms with Crippen molar-refractivity contribution in [1.82, 2.24) is 0 Å². The molecular formula is C21H21NO2S. The summed E-state index contributed by atoms with van der Waals surface area (Å²) in [5.41, 5.74) is 1.82. The number of methoxy groups -OCH3 is 1. The number of benzene rings is 3. The molecule has 3 rings (SSSR count). The number of rotatable bonds is 5. The first-order chi connectivity index (χ1) is 12.1. The number of nitrogens with one attached hydrogen (secondary N) is 1. The molecule has 0 heterocycles. The molecular weight excluding hydrogens is 330 g/mol. The Labute approximate surface area is 152 Å². The van der Waals surface area contributed by atoms with Crippen molar-refractivity contribution in [3.8, 4) is 5.75 Å². The summed E-state index contributed by atoms with van der Waals surface area (Å²) in [5.74, 6) is 0.594. The average molecular weight is 351 g/mol. The lowest BCUT2D eigenvalue weighted by atomic mass is 9.97.